The van der Waals surface area contributed by atoms with Crippen molar-refractivity contribution in [2.75, 3.05) is 16.6 Å². The molecule has 0 fully saturated rings. The Morgan fingerprint density at radius 2 is 1.86 bits per heavy atom. The molecule has 2 rings (SSSR count). The molecule has 2 aromatic carbocycles. The normalized spacial score (nSPS) is 11.3. The molecule has 0 saturated heterocycles. The van der Waals surface area contributed by atoms with Gasteiger partial charge in [0.05, 0.1) is 11.4 Å². The molecule has 2 aromatic rings. The Labute approximate surface area is 124 Å². The second-order valence-corrected chi connectivity index (χ2v) is 6.51. The maximum Gasteiger partial charge on any atom is 0.266 e. The average molecular weight is 306 g/mol. The summed E-state index contributed by atoms with van der Waals surface area (Å²) in [5, 5.41) is 9.63. The smallest absolute Gasteiger partial charge is 0.266 e. The Bertz CT molecular complexity index is 757. The Kier molecular flexibility index (Phi) is 4.09. The van der Waals surface area contributed by atoms with Gasteiger partial charge in [0.25, 0.3) is 10.0 Å². The summed E-state index contributed by atoms with van der Waals surface area (Å²) in [6.07, 6.45) is 0. The number of anilines is 2. The van der Waals surface area contributed by atoms with Gasteiger partial charge in [-0.3, -0.25) is 4.31 Å². The van der Waals surface area contributed by atoms with Gasteiger partial charge in [0.2, 0.25) is 0 Å². The molecule has 0 atom stereocenters. The maximum atomic E-state index is 12.8. The van der Waals surface area contributed by atoms with Crippen LogP contribution in [0.3, 0.4) is 0 Å². The molecule has 6 heteroatoms. The molecule has 0 amide bonds. The Morgan fingerprint density at radius 3 is 2.48 bits per heavy atom. The van der Waals surface area contributed by atoms with Crippen molar-refractivity contribution in [2.24, 2.45) is 0 Å². The zero-order valence-electron chi connectivity index (χ0n) is 11.9. The van der Waals surface area contributed by atoms with Crippen molar-refractivity contribution in [3.8, 4) is 5.75 Å². The highest BCUT2D eigenvalue weighted by molar-refractivity contribution is 7.93. The molecule has 5 nitrogen and oxygen atoms in total. The summed E-state index contributed by atoms with van der Waals surface area (Å²) in [6.45, 7) is 3.77. The minimum Gasteiger partial charge on any atom is -0.508 e. The fourth-order valence-corrected chi connectivity index (χ4v) is 3.82. The van der Waals surface area contributed by atoms with Crippen molar-refractivity contribution in [1.29, 1.82) is 0 Å². The minimum absolute atomic E-state index is 0.0188. The topological polar surface area (TPSA) is 83.6 Å². The molecule has 0 aliphatic heterocycles. The lowest BCUT2D eigenvalue weighted by Crippen LogP contribution is -2.31. The van der Waals surface area contributed by atoms with Crippen molar-refractivity contribution in [2.45, 2.75) is 18.7 Å². The Hall–Kier alpha value is -2.21. The maximum absolute atomic E-state index is 12.8. The number of hydrogen-bond acceptors (Lipinski definition) is 4. The first-order chi connectivity index (χ1) is 9.87. The number of phenols is 1. The van der Waals surface area contributed by atoms with E-state index in [1.165, 1.54) is 22.5 Å². The van der Waals surface area contributed by atoms with E-state index in [4.69, 9.17) is 5.73 Å². The van der Waals surface area contributed by atoms with Gasteiger partial charge in [0.1, 0.15) is 10.6 Å². The second-order valence-electron chi connectivity index (χ2n) is 4.68. The van der Waals surface area contributed by atoms with Crippen LogP contribution in [0.15, 0.2) is 47.4 Å². The number of aryl methyl sites for hydroxylation is 1. The Balaban J connectivity index is 2.60. The first-order valence-corrected chi connectivity index (χ1v) is 7.98. The fraction of sp³-hybridized carbons (Fsp3) is 0.200. The van der Waals surface area contributed by atoms with Crippen LogP contribution in [-0.4, -0.2) is 20.1 Å². The van der Waals surface area contributed by atoms with E-state index >= 15 is 0 Å². The van der Waals surface area contributed by atoms with Crippen LogP contribution in [-0.2, 0) is 10.0 Å². The number of nitrogens with two attached hydrogens (primary N) is 1. The van der Waals surface area contributed by atoms with E-state index < -0.39 is 10.0 Å². The molecule has 0 heterocycles. The molecular weight excluding hydrogens is 288 g/mol. The number of nitrogen functional groups attached to an aromatic ring is 1. The zero-order chi connectivity index (χ0) is 15.6. The highest BCUT2D eigenvalue weighted by Gasteiger charge is 2.26. The number of rotatable bonds is 4. The van der Waals surface area contributed by atoms with Gasteiger partial charge < -0.3 is 10.8 Å². The van der Waals surface area contributed by atoms with E-state index in [0.717, 1.165) is 5.56 Å². The largest absolute Gasteiger partial charge is 0.508 e. The first-order valence-electron chi connectivity index (χ1n) is 6.54. The van der Waals surface area contributed by atoms with Gasteiger partial charge in [-0.1, -0.05) is 18.2 Å². The van der Waals surface area contributed by atoms with E-state index in [-0.39, 0.29) is 22.9 Å². The number of nitrogens with zero attached hydrogens (tertiary/aromatic N) is 1. The molecule has 0 unspecified atom stereocenters. The number of hydrogen-bond donors (Lipinski definition) is 2. The highest BCUT2D eigenvalue weighted by Crippen LogP contribution is 2.31. The van der Waals surface area contributed by atoms with Gasteiger partial charge in [0, 0.05) is 12.6 Å². The van der Waals surface area contributed by atoms with E-state index in [1.807, 2.05) is 0 Å². The summed E-state index contributed by atoms with van der Waals surface area (Å²) < 4.78 is 26.9. The van der Waals surface area contributed by atoms with Crippen LogP contribution in [0, 0.1) is 6.92 Å². The quantitative estimate of drug-likeness (QED) is 0.850. The van der Waals surface area contributed by atoms with Crippen molar-refractivity contribution in [3.05, 3.63) is 48.0 Å². The van der Waals surface area contributed by atoms with Gasteiger partial charge in [-0.25, -0.2) is 8.42 Å². The van der Waals surface area contributed by atoms with Gasteiger partial charge >= 0.3 is 0 Å². The van der Waals surface area contributed by atoms with E-state index in [0.29, 0.717) is 5.69 Å². The average Bonchev–Trinajstić information content (AvgIpc) is 2.43. The van der Waals surface area contributed by atoms with E-state index in [1.54, 1.807) is 38.1 Å². The molecule has 21 heavy (non-hydrogen) atoms. The minimum atomic E-state index is -3.78. The van der Waals surface area contributed by atoms with Crippen molar-refractivity contribution >= 4 is 21.4 Å². The first kappa shape index (κ1) is 15.2. The van der Waals surface area contributed by atoms with Crippen LogP contribution in [0.25, 0.3) is 0 Å². The van der Waals surface area contributed by atoms with Crippen molar-refractivity contribution in [3.63, 3.8) is 0 Å². The second kappa shape index (κ2) is 5.65. The molecule has 0 saturated carbocycles. The third-order valence-corrected chi connectivity index (χ3v) is 5.20. The number of phenolic OH excluding ortho intramolecular Hbond substituents is 1. The molecule has 0 aromatic heterocycles. The molecule has 0 spiro atoms. The van der Waals surface area contributed by atoms with Gasteiger partial charge in [0.15, 0.2) is 0 Å². The van der Waals surface area contributed by atoms with Crippen LogP contribution in [0.1, 0.15) is 12.5 Å². The predicted octanol–water partition coefficient (Wildman–Crippen LogP) is 2.50. The van der Waals surface area contributed by atoms with Crippen LogP contribution in [0.4, 0.5) is 11.4 Å². The molecular formula is C15H18N2O3S. The summed E-state index contributed by atoms with van der Waals surface area (Å²) in [5.41, 5.74) is 7.19. The Morgan fingerprint density at radius 1 is 1.19 bits per heavy atom. The number of benzene rings is 2. The third-order valence-electron chi connectivity index (χ3n) is 3.24. The van der Waals surface area contributed by atoms with Crippen molar-refractivity contribution in [1.82, 2.24) is 0 Å². The monoisotopic (exact) mass is 306 g/mol. The SMILES string of the molecule is CCN(c1cc(O)ccc1C)S(=O)(=O)c1ccccc1N. The standard InChI is InChI=1S/C15H18N2O3S/c1-3-17(14-10-12(18)9-8-11(14)2)21(19,20)15-7-5-4-6-13(15)16/h4-10,18H,3,16H2,1-2H3. The van der Waals surface area contributed by atoms with Gasteiger partial charge in [-0.15, -0.1) is 0 Å². The number of sulfonamides is 1. The summed E-state index contributed by atoms with van der Waals surface area (Å²) in [5.74, 6) is 0.0188. The lowest BCUT2D eigenvalue weighted by atomic mass is 10.2. The van der Waals surface area contributed by atoms with Crippen molar-refractivity contribution < 1.29 is 13.5 Å². The molecule has 3 N–H and O–H groups in total. The van der Waals surface area contributed by atoms with Crippen LogP contribution in [0.5, 0.6) is 5.75 Å². The molecule has 112 valence electrons. The lowest BCUT2D eigenvalue weighted by Gasteiger charge is -2.25. The molecule has 0 radical (unpaired) electrons. The van der Waals surface area contributed by atoms with Gasteiger partial charge in [-0.2, -0.15) is 0 Å². The van der Waals surface area contributed by atoms with Crippen LogP contribution < -0.4 is 10.0 Å². The third kappa shape index (κ3) is 2.80. The summed E-state index contributed by atoms with van der Waals surface area (Å²) in [6, 6.07) is 11.0. The van der Waals surface area contributed by atoms with E-state index in [9.17, 15) is 13.5 Å². The zero-order valence-corrected chi connectivity index (χ0v) is 12.8. The summed E-state index contributed by atoms with van der Waals surface area (Å²) in [4.78, 5) is 0.0644. The molecule has 0 aliphatic carbocycles. The predicted molar refractivity (Wildman–Crippen MR) is 83.9 cm³/mol. The van der Waals surface area contributed by atoms with Gasteiger partial charge in [-0.05, 0) is 37.6 Å². The van der Waals surface area contributed by atoms with Crippen LogP contribution in [0.2, 0.25) is 0 Å². The molecule has 0 bridgehead atoms. The lowest BCUT2D eigenvalue weighted by molar-refractivity contribution is 0.475. The summed E-state index contributed by atoms with van der Waals surface area (Å²) in [7, 11) is -3.78. The summed E-state index contributed by atoms with van der Waals surface area (Å²) >= 11 is 0. The van der Waals surface area contributed by atoms with E-state index in [2.05, 4.69) is 0 Å². The molecule has 0 aliphatic rings. The fourth-order valence-electron chi connectivity index (χ4n) is 2.17. The number of para-hydroxylation sites is 1. The van der Waals surface area contributed by atoms with Crippen LogP contribution >= 0.6 is 0 Å². The highest BCUT2D eigenvalue weighted by atomic mass is 32.2. The number of aromatic hydroxyl groups is 1.